The van der Waals surface area contributed by atoms with Crippen molar-refractivity contribution in [1.82, 2.24) is 4.90 Å². The Morgan fingerprint density at radius 2 is 1.66 bits per heavy atom. The SMILES string of the molecule is COC=CC[C@H]1C(N2CCS(=O)(=O)CC2)CC[C@H]1OCc1ccc(-c2ccccc2)cc1. The van der Waals surface area contributed by atoms with Gasteiger partial charge in [0.25, 0.3) is 0 Å². The molecule has 2 aliphatic rings. The molecule has 0 amide bonds. The molecule has 5 nitrogen and oxygen atoms in total. The Morgan fingerprint density at radius 1 is 0.969 bits per heavy atom. The summed E-state index contributed by atoms with van der Waals surface area (Å²) in [5.74, 6) is 0.873. The molecule has 32 heavy (non-hydrogen) atoms. The van der Waals surface area contributed by atoms with Crippen molar-refractivity contribution in [2.75, 3.05) is 31.7 Å². The minimum atomic E-state index is -2.87. The average molecular weight is 456 g/mol. The Bertz CT molecular complexity index is 974. The summed E-state index contributed by atoms with van der Waals surface area (Å²) in [5.41, 5.74) is 3.59. The zero-order valence-corrected chi connectivity index (χ0v) is 19.5. The van der Waals surface area contributed by atoms with Gasteiger partial charge in [-0.2, -0.15) is 0 Å². The van der Waals surface area contributed by atoms with Crippen molar-refractivity contribution in [3.8, 4) is 11.1 Å². The van der Waals surface area contributed by atoms with Crippen molar-refractivity contribution in [3.05, 3.63) is 72.5 Å². The van der Waals surface area contributed by atoms with Crippen LogP contribution in [0.2, 0.25) is 0 Å². The fourth-order valence-corrected chi connectivity index (χ4v) is 6.20. The van der Waals surface area contributed by atoms with Crippen LogP contribution in [0.1, 0.15) is 24.8 Å². The van der Waals surface area contributed by atoms with E-state index in [0.717, 1.165) is 19.3 Å². The fourth-order valence-electron chi connectivity index (χ4n) is 4.97. The number of benzene rings is 2. The van der Waals surface area contributed by atoms with Gasteiger partial charge >= 0.3 is 0 Å². The van der Waals surface area contributed by atoms with Gasteiger partial charge in [0.05, 0.1) is 37.6 Å². The Balaban J connectivity index is 1.38. The lowest BCUT2D eigenvalue weighted by molar-refractivity contribution is 0.00256. The molecule has 1 aliphatic heterocycles. The summed E-state index contributed by atoms with van der Waals surface area (Å²) >= 11 is 0. The van der Waals surface area contributed by atoms with Crippen molar-refractivity contribution < 1.29 is 17.9 Å². The summed E-state index contributed by atoms with van der Waals surface area (Å²) in [4.78, 5) is 2.37. The highest BCUT2D eigenvalue weighted by atomic mass is 32.2. The topological polar surface area (TPSA) is 55.8 Å². The van der Waals surface area contributed by atoms with E-state index in [4.69, 9.17) is 9.47 Å². The molecule has 1 unspecified atom stereocenters. The van der Waals surface area contributed by atoms with Crippen LogP contribution in [0, 0.1) is 5.92 Å². The first-order chi connectivity index (χ1) is 15.6. The first kappa shape index (κ1) is 23.0. The molecule has 2 aromatic carbocycles. The summed E-state index contributed by atoms with van der Waals surface area (Å²) in [6, 6.07) is 19.3. The Morgan fingerprint density at radius 3 is 2.34 bits per heavy atom. The largest absolute Gasteiger partial charge is 0.505 e. The molecule has 3 atom stereocenters. The van der Waals surface area contributed by atoms with Gasteiger partial charge in [-0.25, -0.2) is 8.42 Å². The highest BCUT2D eigenvalue weighted by Gasteiger charge is 2.40. The standard InChI is InChI=1S/C26H33NO4S/c1-30-17-5-8-24-25(27-15-18-32(28,29)19-16-27)13-14-26(24)31-20-21-9-11-23(12-10-21)22-6-3-2-4-7-22/h2-7,9-12,17,24-26H,8,13-16,18-20H2,1H3/t24-,25?,26+/m0/s1. The molecular formula is C26H33NO4S. The highest BCUT2D eigenvalue weighted by Crippen LogP contribution is 2.36. The predicted octanol–water partition coefficient (Wildman–Crippen LogP) is 4.30. The molecule has 172 valence electrons. The van der Waals surface area contributed by atoms with Crippen molar-refractivity contribution >= 4 is 9.84 Å². The van der Waals surface area contributed by atoms with Gasteiger partial charge in [0.15, 0.2) is 9.84 Å². The van der Waals surface area contributed by atoms with E-state index in [2.05, 4.69) is 59.5 Å². The number of rotatable bonds is 8. The summed E-state index contributed by atoms with van der Waals surface area (Å²) < 4.78 is 35.3. The molecule has 1 heterocycles. The molecule has 4 rings (SSSR count). The molecule has 1 aliphatic carbocycles. The number of nitrogens with zero attached hydrogens (tertiary/aromatic N) is 1. The van der Waals surface area contributed by atoms with Crippen LogP contribution in [-0.2, 0) is 25.9 Å². The smallest absolute Gasteiger partial charge is 0.152 e. The van der Waals surface area contributed by atoms with Gasteiger partial charge in [0.2, 0.25) is 0 Å². The lowest BCUT2D eigenvalue weighted by Crippen LogP contribution is -2.48. The summed E-state index contributed by atoms with van der Waals surface area (Å²) in [5, 5.41) is 0. The summed E-state index contributed by atoms with van der Waals surface area (Å²) in [6.45, 7) is 1.85. The van der Waals surface area contributed by atoms with Crippen molar-refractivity contribution in [3.63, 3.8) is 0 Å². The second-order valence-corrected chi connectivity index (χ2v) is 11.1. The molecule has 2 fully saturated rings. The minimum Gasteiger partial charge on any atom is -0.505 e. The number of sulfone groups is 1. The molecule has 0 bridgehead atoms. The maximum absolute atomic E-state index is 11.9. The van der Waals surface area contributed by atoms with Gasteiger partial charge in [-0.3, -0.25) is 4.90 Å². The van der Waals surface area contributed by atoms with Gasteiger partial charge in [-0.1, -0.05) is 54.6 Å². The van der Waals surface area contributed by atoms with E-state index in [9.17, 15) is 8.42 Å². The number of ether oxygens (including phenoxy) is 2. The molecular weight excluding hydrogens is 422 g/mol. The second kappa shape index (κ2) is 10.6. The fraction of sp³-hybridized carbons (Fsp3) is 0.462. The third-order valence-electron chi connectivity index (χ3n) is 6.73. The van der Waals surface area contributed by atoms with Crippen LogP contribution in [0.15, 0.2) is 66.9 Å². The number of methoxy groups -OCH3 is 1. The van der Waals surface area contributed by atoms with Crippen LogP contribution < -0.4 is 0 Å². The van der Waals surface area contributed by atoms with Gasteiger partial charge in [0, 0.05) is 25.0 Å². The van der Waals surface area contributed by atoms with Crippen LogP contribution >= 0.6 is 0 Å². The lowest BCUT2D eigenvalue weighted by atomic mass is 9.96. The first-order valence-electron chi connectivity index (χ1n) is 11.4. The van der Waals surface area contributed by atoms with Crippen molar-refractivity contribution in [2.24, 2.45) is 5.92 Å². The predicted molar refractivity (Wildman–Crippen MR) is 128 cm³/mol. The molecule has 0 radical (unpaired) electrons. The van der Waals surface area contributed by atoms with E-state index in [-0.39, 0.29) is 17.6 Å². The molecule has 6 heteroatoms. The van der Waals surface area contributed by atoms with E-state index < -0.39 is 9.84 Å². The Hall–Kier alpha value is -2.15. The summed E-state index contributed by atoms with van der Waals surface area (Å²) in [6.07, 6.45) is 6.88. The van der Waals surface area contributed by atoms with E-state index in [1.165, 1.54) is 16.7 Å². The second-order valence-electron chi connectivity index (χ2n) is 8.75. The van der Waals surface area contributed by atoms with Gasteiger partial charge in [0.1, 0.15) is 0 Å². The Labute approximate surface area is 192 Å². The van der Waals surface area contributed by atoms with E-state index >= 15 is 0 Å². The normalized spacial score (nSPS) is 25.8. The van der Waals surface area contributed by atoms with Crippen molar-refractivity contribution in [1.29, 1.82) is 0 Å². The number of hydrogen-bond donors (Lipinski definition) is 0. The quantitative estimate of drug-likeness (QED) is 0.556. The van der Waals surface area contributed by atoms with E-state index in [1.807, 2.05) is 6.07 Å². The Kier molecular flexibility index (Phi) is 7.66. The monoisotopic (exact) mass is 455 g/mol. The molecule has 0 spiro atoms. The van der Waals surface area contributed by atoms with Crippen molar-refractivity contribution in [2.45, 2.75) is 38.0 Å². The maximum atomic E-state index is 11.9. The molecule has 1 saturated heterocycles. The molecule has 0 aromatic heterocycles. The van der Waals surface area contributed by atoms with E-state index in [1.54, 1.807) is 13.4 Å². The average Bonchev–Trinajstić information content (AvgIpc) is 3.21. The van der Waals surface area contributed by atoms with Gasteiger partial charge in [-0.05, 0) is 42.0 Å². The van der Waals surface area contributed by atoms with E-state index in [0.29, 0.717) is 31.7 Å². The third kappa shape index (κ3) is 5.80. The zero-order chi connectivity index (χ0) is 22.4. The summed E-state index contributed by atoms with van der Waals surface area (Å²) in [7, 11) is -1.22. The lowest BCUT2D eigenvalue weighted by Gasteiger charge is -2.36. The molecule has 2 aromatic rings. The molecule has 1 saturated carbocycles. The zero-order valence-electron chi connectivity index (χ0n) is 18.7. The van der Waals surface area contributed by atoms with Crippen LogP contribution in [0.5, 0.6) is 0 Å². The molecule has 0 N–H and O–H groups in total. The van der Waals surface area contributed by atoms with Crippen LogP contribution in [0.25, 0.3) is 11.1 Å². The van der Waals surface area contributed by atoms with Crippen LogP contribution in [-0.4, -0.2) is 57.2 Å². The van der Waals surface area contributed by atoms with Crippen LogP contribution in [0.4, 0.5) is 0 Å². The number of allylic oxidation sites excluding steroid dienone is 1. The van der Waals surface area contributed by atoms with Gasteiger partial charge < -0.3 is 9.47 Å². The first-order valence-corrected chi connectivity index (χ1v) is 13.3. The van der Waals surface area contributed by atoms with Crippen LogP contribution in [0.3, 0.4) is 0 Å². The number of hydrogen-bond acceptors (Lipinski definition) is 5. The highest BCUT2D eigenvalue weighted by molar-refractivity contribution is 7.91. The van der Waals surface area contributed by atoms with Gasteiger partial charge in [-0.15, -0.1) is 0 Å². The third-order valence-corrected chi connectivity index (χ3v) is 8.34. The minimum absolute atomic E-state index is 0.161. The maximum Gasteiger partial charge on any atom is 0.152 e.